The van der Waals surface area contributed by atoms with Crippen molar-refractivity contribution in [3.8, 4) is 0 Å². The number of aliphatic hydroxyl groups excluding tert-OH is 1. The van der Waals surface area contributed by atoms with Gasteiger partial charge < -0.3 is 15.2 Å². The third-order valence-electron chi connectivity index (χ3n) is 4.87. The highest BCUT2D eigenvalue weighted by Crippen LogP contribution is 2.35. The third kappa shape index (κ3) is 3.69. The molecular weight excluding hydrogens is 240 g/mol. The second-order valence-corrected chi connectivity index (χ2v) is 6.37. The van der Waals surface area contributed by atoms with Crippen LogP contribution in [0.5, 0.6) is 0 Å². The van der Waals surface area contributed by atoms with E-state index in [0.29, 0.717) is 12.0 Å². The molecule has 0 bridgehead atoms. The number of likely N-dealkylation sites (tertiary alicyclic amines) is 1. The molecule has 1 saturated heterocycles. The van der Waals surface area contributed by atoms with Crippen molar-refractivity contribution in [3.63, 3.8) is 0 Å². The van der Waals surface area contributed by atoms with Crippen LogP contribution >= 0.6 is 0 Å². The predicted octanol–water partition coefficient (Wildman–Crippen LogP) is 1.24. The van der Waals surface area contributed by atoms with Gasteiger partial charge in [0.05, 0.1) is 13.2 Å². The van der Waals surface area contributed by atoms with Crippen LogP contribution in [0.4, 0.5) is 0 Å². The standard InChI is InChI=1S/C15H30N2O2/c1-3-7-16-15(12-18)6-4-14(9-15)17-8-5-13(10-17)11-19-2/h13-14,16,18H,3-12H2,1-2H3. The molecule has 0 amide bonds. The molecule has 112 valence electrons. The van der Waals surface area contributed by atoms with E-state index in [4.69, 9.17) is 4.74 Å². The van der Waals surface area contributed by atoms with Gasteiger partial charge in [0.15, 0.2) is 0 Å². The number of rotatable bonds is 7. The first kappa shape index (κ1) is 15.2. The van der Waals surface area contributed by atoms with E-state index in [0.717, 1.165) is 32.4 Å². The molecule has 19 heavy (non-hydrogen) atoms. The molecule has 3 unspecified atom stereocenters. The minimum absolute atomic E-state index is 0.0139. The largest absolute Gasteiger partial charge is 0.394 e. The molecule has 1 heterocycles. The zero-order chi connectivity index (χ0) is 13.7. The van der Waals surface area contributed by atoms with Gasteiger partial charge in [-0.15, -0.1) is 0 Å². The Morgan fingerprint density at radius 1 is 1.42 bits per heavy atom. The Morgan fingerprint density at radius 2 is 2.26 bits per heavy atom. The quantitative estimate of drug-likeness (QED) is 0.730. The van der Waals surface area contributed by atoms with Crippen molar-refractivity contribution in [1.29, 1.82) is 0 Å². The van der Waals surface area contributed by atoms with Gasteiger partial charge in [-0.05, 0) is 51.1 Å². The summed E-state index contributed by atoms with van der Waals surface area (Å²) in [5.41, 5.74) is -0.0139. The van der Waals surface area contributed by atoms with Crippen LogP contribution in [0.3, 0.4) is 0 Å². The fraction of sp³-hybridized carbons (Fsp3) is 1.00. The molecule has 2 aliphatic rings. The first-order chi connectivity index (χ1) is 9.23. The summed E-state index contributed by atoms with van der Waals surface area (Å²) in [6.07, 6.45) is 5.82. The normalized spacial score (nSPS) is 36.2. The number of hydrogen-bond acceptors (Lipinski definition) is 4. The fourth-order valence-electron chi connectivity index (χ4n) is 3.73. The summed E-state index contributed by atoms with van der Waals surface area (Å²) in [6.45, 7) is 6.74. The lowest BCUT2D eigenvalue weighted by molar-refractivity contribution is 0.136. The van der Waals surface area contributed by atoms with E-state index >= 15 is 0 Å². The van der Waals surface area contributed by atoms with Crippen LogP contribution in [-0.4, -0.2) is 61.5 Å². The van der Waals surface area contributed by atoms with E-state index in [2.05, 4.69) is 17.1 Å². The van der Waals surface area contributed by atoms with E-state index in [1.807, 2.05) is 0 Å². The predicted molar refractivity (Wildman–Crippen MR) is 77.3 cm³/mol. The summed E-state index contributed by atoms with van der Waals surface area (Å²) >= 11 is 0. The number of hydrogen-bond donors (Lipinski definition) is 2. The molecule has 0 aromatic carbocycles. The molecule has 4 nitrogen and oxygen atoms in total. The Kier molecular flexibility index (Phi) is 5.63. The van der Waals surface area contributed by atoms with Crippen LogP contribution in [0.2, 0.25) is 0 Å². The van der Waals surface area contributed by atoms with E-state index in [9.17, 15) is 5.11 Å². The summed E-state index contributed by atoms with van der Waals surface area (Å²) < 4.78 is 5.27. The van der Waals surface area contributed by atoms with Gasteiger partial charge in [0.25, 0.3) is 0 Å². The monoisotopic (exact) mass is 270 g/mol. The summed E-state index contributed by atoms with van der Waals surface area (Å²) in [6, 6.07) is 0.651. The molecule has 0 spiro atoms. The van der Waals surface area contributed by atoms with Crippen LogP contribution in [0.1, 0.15) is 39.0 Å². The Bertz CT molecular complexity index is 275. The number of methoxy groups -OCH3 is 1. The Labute approximate surface area is 117 Å². The van der Waals surface area contributed by atoms with Crippen molar-refractivity contribution < 1.29 is 9.84 Å². The van der Waals surface area contributed by atoms with Crippen molar-refractivity contribution in [2.24, 2.45) is 5.92 Å². The maximum atomic E-state index is 9.74. The molecule has 1 aliphatic heterocycles. The zero-order valence-electron chi connectivity index (χ0n) is 12.5. The second kappa shape index (κ2) is 7.02. The van der Waals surface area contributed by atoms with E-state index < -0.39 is 0 Å². The van der Waals surface area contributed by atoms with Gasteiger partial charge in [-0.3, -0.25) is 4.90 Å². The Morgan fingerprint density at radius 3 is 2.95 bits per heavy atom. The number of nitrogens with zero attached hydrogens (tertiary/aromatic N) is 1. The van der Waals surface area contributed by atoms with E-state index in [1.54, 1.807) is 7.11 Å². The zero-order valence-corrected chi connectivity index (χ0v) is 12.5. The lowest BCUT2D eigenvalue weighted by Gasteiger charge is -2.30. The maximum Gasteiger partial charge on any atom is 0.0613 e. The average Bonchev–Trinajstić information content (AvgIpc) is 3.04. The molecule has 2 N–H and O–H groups in total. The smallest absolute Gasteiger partial charge is 0.0613 e. The van der Waals surface area contributed by atoms with Crippen LogP contribution in [-0.2, 0) is 4.74 Å². The third-order valence-corrected chi connectivity index (χ3v) is 4.87. The highest BCUT2D eigenvalue weighted by molar-refractivity contribution is 5.00. The van der Waals surface area contributed by atoms with Gasteiger partial charge in [-0.1, -0.05) is 6.92 Å². The minimum atomic E-state index is -0.0139. The SMILES string of the molecule is CCCNC1(CO)CCC(N2CCC(COC)C2)C1. The minimum Gasteiger partial charge on any atom is -0.394 e. The highest BCUT2D eigenvalue weighted by Gasteiger charge is 2.41. The fourth-order valence-corrected chi connectivity index (χ4v) is 3.73. The van der Waals surface area contributed by atoms with Gasteiger partial charge in [-0.25, -0.2) is 0 Å². The van der Waals surface area contributed by atoms with Crippen LogP contribution in [0.15, 0.2) is 0 Å². The van der Waals surface area contributed by atoms with Crippen molar-refractivity contribution in [2.75, 3.05) is 40.0 Å². The first-order valence-electron chi connectivity index (χ1n) is 7.82. The molecule has 1 saturated carbocycles. The van der Waals surface area contributed by atoms with Crippen molar-refractivity contribution in [1.82, 2.24) is 10.2 Å². The summed E-state index contributed by atoms with van der Waals surface area (Å²) in [5, 5.41) is 13.3. The average molecular weight is 270 g/mol. The van der Waals surface area contributed by atoms with Crippen molar-refractivity contribution in [2.45, 2.75) is 50.6 Å². The Balaban J connectivity index is 1.84. The number of nitrogens with one attached hydrogen (secondary N) is 1. The molecular formula is C15H30N2O2. The van der Waals surface area contributed by atoms with Crippen LogP contribution in [0, 0.1) is 5.92 Å². The molecule has 4 heteroatoms. The molecule has 0 radical (unpaired) electrons. The summed E-state index contributed by atoms with van der Waals surface area (Å²) in [7, 11) is 1.80. The van der Waals surface area contributed by atoms with Crippen LogP contribution in [0.25, 0.3) is 0 Å². The second-order valence-electron chi connectivity index (χ2n) is 6.37. The molecule has 1 aliphatic carbocycles. The van der Waals surface area contributed by atoms with Gasteiger partial charge in [0.2, 0.25) is 0 Å². The van der Waals surface area contributed by atoms with Gasteiger partial charge >= 0.3 is 0 Å². The van der Waals surface area contributed by atoms with E-state index in [-0.39, 0.29) is 12.1 Å². The van der Waals surface area contributed by atoms with Gasteiger partial charge in [0, 0.05) is 25.2 Å². The van der Waals surface area contributed by atoms with Gasteiger partial charge in [-0.2, -0.15) is 0 Å². The number of aliphatic hydroxyl groups is 1. The topological polar surface area (TPSA) is 44.7 Å². The Hall–Kier alpha value is -0.160. The van der Waals surface area contributed by atoms with Crippen LogP contribution < -0.4 is 5.32 Å². The molecule has 0 aromatic rings. The molecule has 2 fully saturated rings. The molecule has 2 rings (SSSR count). The van der Waals surface area contributed by atoms with Crippen molar-refractivity contribution >= 4 is 0 Å². The lowest BCUT2D eigenvalue weighted by atomic mass is 9.98. The van der Waals surface area contributed by atoms with Gasteiger partial charge in [0.1, 0.15) is 0 Å². The molecule has 3 atom stereocenters. The lowest BCUT2D eigenvalue weighted by Crippen LogP contribution is -2.48. The van der Waals surface area contributed by atoms with Crippen molar-refractivity contribution in [3.05, 3.63) is 0 Å². The highest BCUT2D eigenvalue weighted by atomic mass is 16.5. The maximum absolute atomic E-state index is 9.74. The summed E-state index contributed by atoms with van der Waals surface area (Å²) in [4.78, 5) is 2.62. The number of ether oxygens (including phenoxy) is 1. The van der Waals surface area contributed by atoms with E-state index in [1.165, 1.54) is 25.9 Å². The summed E-state index contributed by atoms with van der Waals surface area (Å²) in [5.74, 6) is 0.706. The molecule has 0 aromatic heterocycles. The first-order valence-corrected chi connectivity index (χ1v) is 7.82.